The Labute approximate surface area is 114 Å². The number of carboxylic acids is 1. The van der Waals surface area contributed by atoms with Crippen LogP contribution in [0, 0.1) is 0 Å². The maximum absolute atomic E-state index is 12.2. The van der Waals surface area contributed by atoms with Crippen molar-refractivity contribution >= 4 is 29.4 Å². The number of nitrogens with one attached hydrogen (secondary N) is 1. The van der Waals surface area contributed by atoms with Crippen molar-refractivity contribution in [2.45, 2.75) is 6.04 Å². The Hall–Kier alpha value is -2.08. The molecule has 100 valence electrons. The number of carbonyl (C=O) groups excluding carboxylic acids is 2. The number of hydrogen-bond donors (Lipinski definition) is 2. The van der Waals surface area contributed by atoms with Gasteiger partial charge in [0.15, 0.2) is 0 Å². The normalized spacial score (nSPS) is 18.9. The van der Waals surface area contributed by atoms with E-state index in [0.717, 1.165) is 4.90 Å². The van der Waals surface area contributed by atoms with Crippen molar-refractivity contribution in [2.24, 2.45) is 0 Å². The molecule has 0 spiro atoms. The molecule has 2 amide bonds. The number of hydrogen-bond acceptors (Lipinski definition) is 3. The fourth-order valence-corrected chi connectivity index (χ4v) is 1.96. The molecule has 1 heterocycles. The number of carbonyl (C=O) groups is 3. The third-order valence-electron chi connectivity index (χ3n) is 2.82. The van der Waals surface area contributed by atoms with E-state index in [2.05, 4.69) is 5.32 Å². The van der Waals surface area contributed by atoms with Crippen LogP contribution in [0.5, 0.6) is 0 Å². The molecule has 1 aliphatic heterocycles. The van der Waals surface area contributed by atoms with Crippen molar-refractivity contribution in [3.8, 4) is 0 Å². The molecule has 1 aliphatic rings. The maximum atomic E-state index is 12.2. The van der Waals surface area contributed by atoms with Crippen LogP contribution in [-0.2, 0) is 9.59 Å². The first-order valence-corrected chi connectivity index (χ1v) is 5.93. The zero-order valence-electron chi connectivity index (χ0n) is 9.80. The summed E-state index contributed by atoms with van der Waals surface area (Å²) in [5.41, 5.74) is 0.297. The molecule has 1 aromatic rings. The summed E-state index contributed by atoms with van der Waals surface area (Å²) in [5, 5.41) is 12.0. The number of piperazine rings is 1. The largest absolute Gasteiger partial charge is 0.480 e. The number of nitrogens with zero attached hydrogens (tertiary/aromatic N) is 1. The van der Waals surface area contributed by atoms with Crippen LogP contribution >= 0.6 is 11.6 Å². The molecule has 0 radical (unpaired) electrons. The smallest absolute Gasteiger partial charge is 0.328 e. The number of carboxylic acid groups (broad SMARTS) is 1. The number of amides is 2. The molecule has 2 rings (SSSR count). The lowest BCUT2D eigenvalue weighted by molar-refractivity contribution is -0.144. The Bertz CT molecular complexity index is 529. The van der Waals surface area contributed by atoms with Gasteiger partial charge in [-0.3, -0.25) is 9.59 Å². The molecule has 0 bridgehead atoms. The summed E-state index contributed by atoms with van der Waals surface area (Å²) in [5.74, 6) is -2.03. The number of rotatable bonds is 2. The van der Waals surface area contributed by atoms with Gasteiger partial charge in [0.1, 0.15) is 12.6 Å². The average molecular weight is 283 g/mol. The van der Waals surface area contributed by atoms with Gasteiger partial charge in [-0.2, -0.15) is 0 Å². The molecule has 0 aliphatic carbocycles. The Morgan fingerprint density at radius 3 is 2.53 bits per heavy atom. The molecule has 1 atom stereocenters. The van der Waals surface area contributed by atoms with Gasteiger partial charge in [0.2, 0.25) is 5.91 Å². The van der Waals surface area contributed by atoms with Crippen LogP contribution in [0.3, 0.4) is 0 Å². The van der Waals surface area contributed by atoms with Crippen LogP contribution in [0.25, 0.3) is 0 Å². The summed E-state index contributed by atoms with van der Waals surface area (Å²) in [6, 6.07) is 5.01. The molecule has 1 saturated heterocycles. The third kappa shape index (κ3) is 2.85. The van der Waals surface area contributed by atoms with Crippen molar-refractivity contribution in [2.75, 3.05) is 13.1 Å². The fraction of sp³-hybridized carbons (Fsp3) is 0.250. The topological polar surface area (TPSA) is 86.7 Å². The molecular weight excluding hydrogens is 272 g/mol. The van der Waals surface area contributed by atoms with Crippen molar-refractivity contribution in [1.82, 2.24) is 10.2 Å². The highest BCUT2D eigenvalue weighted by Gasteiger charge is 2.35. The van der Waals surface area contributed by atoms with Gasteiger partial charge < -0.3 is 15.3 Å². The van der Waals surface area contributed by atoms with Crippen LogP contribution in [-0.4, -0.2) is 46.9 Å². The molecular formula is C12H11ClN2O4. The number of halogens is 1. The van der Waals surface area contributed by atoms with Crippen LogP contribution in [0.4, 0.5) is 0 Å². The molecule has 6 nitrogen and oxygen atoms in total. The SMILES string of the molecule is O=C1CN(C(=O)c2ccc(Cl)cc2)C(C(=O)O)CN1. The lowest BCUT2D eigenvalue weighted by atomic mass is 10.1. The van der Waals surface area contributed by atoms with Crippen molar-refractivity contribution < 1.29 is 19.5 Å². The first-order valence-electron chi connectivity index (χ1n) is 5.55. The highest BCUT2D eigenvalue weighted by atomic mass is 35.5. The maximum Gasteiger partial charge on any atom is 0.328 e. The van der Waals surface area contributed by atoms with E-state index in [1.807, 2.05) is 0 Å². The predicted molar refractivity (Wildman–Crippen MR) is 66.9 cm³/mol. The van der Waals surface area contributed by atoms with Crippen LogP contribution < -0.4 is 5.32 Å². The highest BCUT2D eigenvalue weighted by Crippen LogP contribution is 2.14. The van der Waals surface area contributed by atoms with Gasteiger partial charge >= 0.3 is 5.97 Å². The molecule has 0 aromatic heterocycles. The van der Waals surface area contributed by atoms with E-state index >= 15 is 0 Å². The van der Waals surface area contributed by atoms with Gasteiger partial charge in [-0.1, -0.05) is 11.6 Å². The minimum Gasteiger partial charge on any atom is -0.480 e. The Morgan fingerprint density at radius 1 is 1.32 bits per heavy atom. The zero-order valence-corrected chi connectivity index (χ0v) is 10.6. The minimum atomic E-state index is -1.15. The van der Waals surface area contributed by atoms with E-state index in [-0.39, 0.29) is 19.0 Å². The second-order valence-electron chi connectivity index (χ2n) is 4.10. The zero-order chi connectivity index (χ0) is 14.0. The predicted octanol–water partition coefficient (Wildman–Crippen LogP) is 0.365. The standard InChI is InChI=1S/C12H11ClN2O4/c13-8-3-1-7(2-4-8)11(17)15-6-10(16)14-5-9(15)12(18)19/h1-4,9H,5-6H2,(H,14,16)(H,18,19). The summed E-state index contributed by atoms with van der Waals surface area (Å²) >= 11 is 5.72. The number of benzene rings is 1. The molecule has 2 N–H and O–H groups in total. The van der Waals surface area contributed by atoms with Gasteiger partial charge in [0, 0.05) is 17.1 Å². The minimum absolute atomic E-state index is 0.0898. The third-order valence-corrected chi connectivity index (χ3v) is 3.07. The lowest BCUT2D eigenvalue weighted by Crippen LogP contribution is -2.59. The molecule has 1 unspecified atom stereocenters. The van der Waals surface area contributed by atoms with Crippen LogP contribution in [0.15, 0.2) is 24.3 Å². The highest BCUT2D eigenvalue weighted by molar-refractivity contribution is 6.30. The Kier molecular flexibility index (Phi) is 3.71. The van der Waals surface area contributed by atoms with Gasteiger partial charge in [0.05, 0.1) is 0 Å². The Balaban J connectivity index is 2.26. The Morgan fingerprint density at radius 2 is 1.95 bits per heavy atom. The van der Waals surface area contributed by atoms with Crippen molar-refractivity contribution in [3.05, 3.63) is 34.9 Å². The van der Waals surface area contributed by atoms with E-state index in [4.69, 9.17) is 16.7 Å². The van der Waals surface area contributed by atoms with Crippen molar-refractivity contribution in [3.63, 3.8) is 0 Å². The van der Waals surface area contributed by atoms with Gasteiger partial charge in [-0.25, -0.2) is 4.79 Å². The van der Waals surface area contributed by atoms with Crippen LogP contribution in [0.2, 0.25) is 5.02 Å². The average Bonchev–Trinajstić information content (AvgIpc) is 2.38. The first kappa shape index (κ1) is 13.4. The van der Waals surface area contributed by atoms with Gasteiger partial charge in [-0.15, -0.1) is 0 Å². The second kappa shape index (κ2) is 5.27. The van der Waals surface area contributed by atoms with Gasteiger partial charge in [-0.05, 0) is 24.3 Å². The lowest BCUT2D eigenvalue weighted by Gasteiger charge is -2.32. The summed E-state index contributed by atoms with van der Waals surface area (Å²) in [6.45, 7) is -0.355. The molecule has 1 aromatic carbocycles. The van der Waals surface area contributed by atoms with E-state index in [1.54, 1.807) is 0 Å². The fourth-order valence-electron chi connectivity index (χ4n) is 1.83. The quantitative estimate of drug-likeness (QED) is 0.820. The van der Waals surface area contributed by atoms with Crippen LogP contribution in [0.1, 0.15) is 10.4 Å². The monoisotopic (exact) mass is 282 g/mol. The van der Waals surface area contributed by atoms with E-state index in [9.17, 15) is 14.4 Å². The van der Waals surface area contributed by atoms with Crippen molar-refractivity contribution in [1.29, 1.82) is 0 Å². The van der Waals surface area contributed by atoms with E-state index in [0.29, 0.717) is 10.6 Å². The van der Waals surface area contributed by atoms with E-state index < -0.39 is 17.9 Å². The number of aliphatic carboxylic acids is 1. The summed E-state index contributed by atoms with van der Waals surface area (Å²) in [6.07, 6.45) is 0. The van der Waals surface area contributed by atoms with Gasteiger partial charge in [0.25, 0.3) is 5.91 Å². The van der Waals surface area contributed by atoms with E-state index in [1.165, 1.54) is 24.3 Å². The second-order valence-corrected chi connectivity index (χ2v) is 4.53. The molecule has 19 heavy (non-hydrogen) atoms. The first-order chi connectivity index (χ1) is 8.99. The molecule has 7 heteroatoms. The molecule has 1 fully saturated rings. The molecule has 0 saturated carbocycles. The summed E-state index contributed by atoms with van der Waals surface area (Å²) in [4.78, 5) is 35.7. The summed E-state index contributed by atoms with van der Waals surface area (Å²) < 4.78 is 0. The summed E-state index contributed by atoms with van der Waals surface area (Å²) in [7, 11) is 0.